The van der Waals surface area contributed by atoms with E-state index in [1.165, 1.54) is 36.4 Å². The van der Waals surface area contributed by atoms with E-state index in [-0.39, 0.29) is 23.4 Å². The number of nitriles is 1. The van der Waals surface area contributed by atoms with Crippen molar-refractivity contribution in [3.8, 4) is 6.07 Å². The molecule has 124 valence electrons. The molecule has 3 rings (SSSR count). The zero-order chi connectivity index (χ0) is 17.3. The van der Waals surface area contributed by atoms with Gasteiger partial charge in [0, 0.05) is 6.54 Å². The van der Waals surface area contributed by atoms with Gasteiger partial charge in [-0.25, -0.2) is 12.8 Å². The topological polar surface area (TPSA) is 81.4 Å². The van der Waals surface area contributed by atoms with Crippen molar-refractivity contribution in [2.45, 2.75) is 23.5 Å². The highest BCUT2D eigenvalue weighted by atomic mass is 32.2. The predicted molar refractivity (Wildman–Crippen MR) is 84.8 cm³/mol. The molecule has 0 bridgehead atoms. The van der Waals surface area contributed by atoms with Crippen LogP contribution in [0.15, 0.2) is 53.4 Å². The van der Waals surface area contributed by atoms with Crippen LogP contribution in [0.4, 0.5) is 4.39 Å². The van der Waals surface area contributed by atoms with Crippen LogP contribution in [0.1, 0.15) is 23.6 Å². The van der Waals surface area contributed by atoms with Gasteiger partial charge < -0.3 is 5.11 Å². The Bertz CT molecular complexity index is 908. The molecule has 0 unspecified atom stereocenters. The van der Waals surface area contributed by atoms with Crippen LogP contribution in [-0.2, 0) is 10.0 Å². The molecule has 2 atom stereocenters. The first-order valence-corrected chi connectivity index (χ1v) is 8.82. The van der Waals surface area contributed by atoms with E-state index < -0.39 is 28.0 Å². The average Bonchev–Trinajstić information content (AvgIpc) is 2.97. The molecule has 0 radical (unpaired) electrons. The lowest BCUT2D eigenvalue weighted by atomic mass is 10.0. The summed E-state index contributed by atoms with van der Waals surface area (Å²) in [7, 11) is -4.00. The van der Waals surface area contributed by atoms with Gasteiger partial charge in [-0.2, -0.15) is 9.57 Å². The molecule has 5 nitrogen and oxygen atoms in total. The Morgan fingerprint density at radius 1 is 1.21 bits per heavy atom. The van der Waals surface area contributed by atoms with E-state index in [0.29, 0.717) is 5.56 Å². The van der Waals surface area contributed by atoms with Gasteiger partial charge in [-0.05, 0) is 36.2 Å². The maximum atomic E-state index is 13.5. The molecule has 2 aromatic rings. The van der Waals surface area contributed by atoms with Crippen molar-refractivity contribution in [1.82, 2.24) is 4.31 Å². The van der Waals surface area contributed by atoms with Gasteiger partial charge in [0.25, 0.3) is 0 Å². The van der Waals surface area contributed by atoms with E-state index >= 15 is 0 Å². The Morgan fingerprint density at radius 3 is 2.67 bits per heavy atom. The minimum Gasteiger partial charge on any atom is -0.392 e. The Hall–Kier alpha value is -2.27. The van der Waals surface area contributed by atoms with E-state index in [1.807, 2.05) is 6.07 Å². The van der Waals surface area contributed by atoms with Gasteiger partial charge in [-0.3, -0.25) is 0 Å². The Morgan fingerprint density at radius 2 is 1.96 bits per heavy atom. The summed E-state index contributed by atoms with van der Waals surface area (Å²) in [6, 6.07) is 12.8. The van der Waals surface area contributed by atoms with Crippen molar-refractivity contribution in [3.63, 3.8) is 0 Å². The van der Waals surface area contributed by atoms with Crippen LogP contribution in [-0.4, -0.2) is 30.5 Å². The second kappa shape index (κ2) is 6.32. The smallest absolute Gasteiger partial charge is 0.245 e. The van der Waals surface area contributed by atoms with Crippen molar-refractivity contribution >= 4 is 10.0 Å². The van der Waals surface area contributed by atoms with Crippen LogP contribution in [0.2, 0.25) is 0 Å². The molecule has 1 heterocycles. The van der Waals surface area contributed by atoms with Gasteiger partial charge in [-0.15, -0.1) is 0 Å². The van der Waals surface area contributed by atoms with E-state index in [2.05, 4.69) is 0 Å². The third-order valence-corrected chi connectivity index (χ3v) is 5.99. The van der Waals surface area contributed by atoms with E-state index in [4.69, 9.17) is 5.26 Å². The predicted octanol–water partition coefficient (Wildman–Crippen LogP) is 2.19. The van der Waals surface area contributed by atoms with Crippen LogP contribution in [0.5, 0.6) is 0 Å². The van der Waals surface area contributed by atoms with Crippen molar-refractivity contribution in [1.29, 1.82) is 5.26 Å². The Kier molecular flexibility index (Phi) is 4.37. The molecule has 24 heavy (non-hydrogen) atoms. The van der Waals surface area contributed by atoms with E-state index in [0.717, 1.165) is 4.31 Å². The quantitative estimate of drug-likeness (QED) is 0.924. The number of β-amino-alcohol motifs (C(OH)–C–C–N with tert-alkyl or cyclic N) is 1. The largest absolute Gasteiger partial charge is 0.392 e. The Balaban J connectivity index is 2.07. The molecule has 7 heteroatoms. The number of benzene rings is 2. The first-order valence-electron chi connectivity index (χ1n) is 7.38. The van der Waals surface area contributed by atoms with Gasteiger partial charge in [-0.1, -0.05) is 24.3 Å². The second-order valence-electron chi connectivity index (χ2n) is 5.64. The number of sulfonamides is 1. The minimum atomic E-state index is -4.00. The molecule has 1 aliphatic rings. The third kappa shape index (κ3) is 2.91. The standard InChI is InChI=1S/C17H15FN2O3S/c18-14-6-3-5-12(8-14)16-9-15(21)11-20(16)24(22,23)17-7-2-1-4-13(17)10-19/h1-8,15-16,21H,9,11H2/t15-,16-/m0/s1. The summed E-state index contributed by atoms with van der Waals surface area (Å²) in [4.78, 5) is -0.108. The van der Waals surface area contributed by atoms with Gasteiger partial charge in [0.05, 0.1) is 22.6 Å². The van der Waals surface area contributed by atoms with Crippen LogP contribution in [0, 0.1) is 17.1 Å². The highest BCUT2D eigenvalue weighted by Crippen LogP contribution is 2.37. The lowest BCUT2D eigenvalue weighted by Crippen LogP contribution is -2.32. The van der Waals surface area contributed by atoms with Crippen LogP contribution in [0.3, 0.4) is 0 Å². The molecule has 1 aliphatic heterocycles. The molecule has 0 spiro atoms. The maximum Gasteiger partial charge on any atom is 0.245 e. The summed E-state index contributed by atoms with van der Waals surface area (Å²) in [5, 5.41) is 19.1. The van der Waals surface area contributed by atoms with Gasteiger partial charge in [0.1, 0.15) is 11.9 Å². The monoisotopic (exact) mass is 346 g/mol. The molecule has 0 aromatic heterocycles. The van der Waals surface area contributed by atoms with Crippen molar-refractivity contribution in [2.24, 2.45) is 0 Å². The SMILES string of the molecule is N#Cc1ccccc1S(=O)(=O)N1C[C@@H](O)C[C@H]1c1cccc(F)c1. The fraction of sp³-hybridized carbons (Fsp3) is 0.235. The highest BCUT2D eigenvalue weighted by molar-refractivity contribution is 7.89. The fourth-order valence-electron chi connectivity index (χ4n) is 2.98. The highest BCUT2D eigenvalue weighted by Gasteiger charge is 2.41. The second-order valence-corrected chi connectivity index (χ2v) is 7.50. The van der Waals surface area contributed by atoms with Crippen molar-refractivity contribution < 1.29 is 17.9 Å². The number of aliphatic hydroxyl groups is 1. The molecular formula is C17H15FN2O3S. The first kappa shape index (κ1) is 16.6. The molecule has 1 saturated heterocycles. The average molecular weight is 346 g/mol. The normalized spacial score (nSPS) is 21.5. The number of hydrogen-bond acceptors (Lipinski definition) is 4. The first-order chi connectivity index (χ1) is 11.4. The summed E-state index contributed by atoms with van der Waals surface area (Å²) in [5.41, 5.74) is 0.515. The summed E-state index contributed by atoms with van der Waals surface area (Å²) < 4.78 is 40.6. The lowest BCUT2D eigenvalue weighted by molar-refractivity contribution is 0.188. The lowest BCUT2D eigenvalue weighted by Gasteiger charge is -2.24. The number of rotatable bonds is 3. The zero-order valence-electron chi connectivity index (χ0n) is 12.6. The van der Waals surface area contributed by atoms with Crippen LogP contribution in [0.25, 0.3) is 0 Å². The van der Waals surface area contributed by atoms with E-state index in [9.17, 15) is 17.9 Å². The molecule has 1 N–H and O–H groups in total. The zero-order valence-corrected chi connectivity index (χ0v) is 13.4. The number of nitrogens with zero attached hydrogens (tertiary/aromatic N) is 2. The summed E-state index contributed by atoms with van der Waals surface area (Å²) in [5.74, 6) is -0.469. The molecule has 2 aromatic carbocycles. The summed E-state index contributed by atoms with van der Waals surface area (Å²) >= 11 is 0. The molecule has 0 saturated carbocycles. The minimum absolute atomic E-state index is 0.0388. The number of aliphatic hydroxyl groups excluding tert-OH is 1. The fourth-order valence-corrected chi connectivity index (χ4v) is 4.78. The number of hydrogen-bond donors (Lipinski definition) is 1. The van der Waals surface area contributed by atoms with Crippen LogP contribution < -0.4 is 0 Å². The molecule has 0 amide bonds. The molecule has 0 aliphatic carbocycles. The Labute approximate surface area is 139 Å². The molecule has 1 fully saturated rings. The van der Waals surface area contributed by atoms with Crippen molar-refractivity contribution in [2.75, 3.05) is 6.54 Å². The third-order valence-electron chi connectivity index (χ3n) is 4.06. The van der Waals surface area contributed by atoms with Crippen molar-refractivity contribution in [3.05, 3.63) is 65.5 Å². The van der Waals surface area contributed by atoms with Gasteiger partial charge >= 0.3 is 0 Å². The molecular weight excluding hydrogens is 331 g/mol. The summed E-state index contributed by atoms with van der Waals surface area (Å²) in [6.07, 6.45) is -0.667. The van der Waals surface area contributed by atoms with Gasteiger partial charge in [0.15, 0.2) is 0 Å². The number of halogens is 1. The maximum absolute atomic E-state index is 13.5. The van der Waals surface area contributed by atoms with Crippen LogP contribution >= 0.6 is 0 Å². The summed E-state index contributed by atoms with van der Waals surface area (Å²) in [6.45, 7) is -0.0940. The van der Waals surface area contributed by atoms with E-state index in [1.54, 1.807) is 12.1 Å². The van der Waals surface area contributed by atoms with Gasteiger partial charge in [0.2, 0.25) is 10.0 Å².